The average molecular weight is 562 g/mol. The van der Waals surface area contributed by atoms with E-state index in [1.807, 2.05) is 19.0 Å². The van der Waals surface area contributed by atoms with Gasteiger partial charge in [-0.15, -0.1) is 0 Å². The number of aromatic nitrogens is 5. The number of carboxylic acid groups (broad SMARTS) is 1. The quantitative estimate of drug-likeness (QED) is 0.375. The minimum atomic E-state index is -4.66. The van der Waals surface area contributed by atoms with Crippen molar-refractivity contribution in [3.05, 3.63) is 41.5 Å². The molecule has 0 spiro atoms. The minimum Gasteiger partial charge on any atom is -0.478 e. The summed E-state index contributed by atoms with van der Waals surface area (Å²) in [6.07, 6.45) is 0.898. The van der Waals surface area contributed by atoms with Crippen molar-refractivity contribution in [2.24, 2.45) is 11.8 Å². The molecule has 4 rings (SSSR count). The van der Waals surface area contributed by atoms with Gasteiger partial charge in [0.2, 0.25) is 11.8 Å². The number of aromatic carboxylic acids is 1. The number of aryl methyl sites for hydroxylation is 1. The monoisotopic (exact) mass is 561 g/mol. The maximum Gasteiger partial charge on any atom is 0.435 e. The number of ether oxygens (including phenoxy) is 1. The first-order valence-electron chi connectivity index (χ1n) is 13.1. The number of hydrogen-bond donors (Lipinski definition) is 2. The Morgan fingerprint density at radius 1 is 1.12 bits per heavy atom. The number of rotatable bonds is 9. The second kappa shape index (κ2) is 11.8. The van der Waals surface area contributed by atoms with Gasteiger partial charge >= 0.3 is 12.1 Å². The maximum atomic E-state index is 13.6. The fourth-order valence-electron chi connectivity index (χ4n) is 5.07. The molecule has 0 bridgehead atoms. The molecule has 1 saturated carbocycles. The highest BCUT2D eigenvalue weighted by molar-refractivity contribution is 5.90. The van der Waals surface area contributed by atoms with E-state index in [9.17, 15) is 23.1 Å². The Labute approximate surface area is 230 Å². The summed E-state index contributed by atoms with van der Waals surface area (Å²) in [7, 11) is 3.74. The number of alkyl halides is 3. The fourth-order valence-corrected chi connectivity index (χ4v) is 5.07. The van der Waals surface area contributed by atoms with Crippen LogP contribution in [0, 0.1) is 18.8 Å². The van der Waals surface area contributed by atoms with Gasteiger partial charge in [-0.3, -0.25) is 0 Å². The van der Waals surface area contributed by atoms with Crippen molar-refractivity contribution < 1.29 is 27.8 Å². The van der Waals surface area contributed by atoms with Crippen molar-refractivity contribution in [1.82, 2.24) is 29.6 Å². The molecule has 3 heterocycles. The largest absolute Gasteiger partial charge is 0.478 e. The van der Waals surface area contributed by atoms with Crippen molar-refractivity contribution >= 4 is 11.9 Å². The normalized spacial score (nSPS) is 19.6. The van der Waals surface area contributed by atoms with Crippen LogP contribution < -0.4 is 10.1 Å². The lowest BCUT2D eigenvalue weighted by Gasteiger charge is -2.32. The predicted octanol–water partition coefficient (Wildman–Crippen LogP) is 4.93. The van der Waals surface area contributed by atoms with Crippen molar-refractivity contribution in [3.8, 4) is 22.8 Å². The second-order valence-corrected chi connectivity index (χ2v) is 10.8. The Kier molecular flexibility index (Phi) is 8.62. The maximum absolute atomic E-state index is 13.6. The molecule has 2 unspecified atom stereocenters. The number of halogens is 3. The van der Waals surface area contributed by atoms with Crippen molar-refractivity contribution in [3.63, 3.8) is 0 Å². The summed E-state index contributed by atoms with van der Waals surface area (Å²) in [5.74, 6) is 0.191. The molecule has 3 aromatic heterocycles. The lowest BCUT2D eigenvalue weighted by Crippen LogP contribution is -2.31. The smallest absolute Gasteiger partial charge is 0.435 e. The van der Waals surface area contributed by atoms with E-state index in [1.165, 1.54) is 25.4 Å². The summed E-state index contributed by atoms with van der Waals surface area (Å²) >= 11 is 0. The first-order valence-corrected chi connectivity index (χ1v) is 13.1. The Bertz CT molecular complexity index is 1350. The molecule has 0 aromatic carbocycles. The third-order valence-electron chi connectivity index (χ3n) is 6.82. The van der Waals surface area contributed by atoms with E-state index in [2.05, 4.69) is 39.2 Å². The van der Waals surface area contributed by atoms with E-state index in [1.54, 1.807) is 0 Å². The van der Waals surface area contributed by atoms with Gasteiger partial charge in [-0.1, -0.05) is 13.8 Å². The van der Waals surface area contributed by atoms with Gasteiger partial charge < -0.3 is 20.1 Å². The van der Waals surface area contributed by atoms with Gasteiger partial charge in [0.05, 0.1) is 16.7 Å². The van der Waals surface area contributed by atoms with E-state index in [4.69, 9.17) is 4.74 Å². The van der Waals surface area contributed by atoms with Crippen molar-refractivity contribution in [2.75, 3.05) is 32.6 Å². The molecule has 0 aliphatic heterocycles. The average Bonchev–Trinajstić information content (AvgIpc) is 3.25. The Morgan fingerprint density at radius 2 is 1.82 bits per heavy atom. The van der Waals surface area contributed by atoms with Gasteiger partial charge in [-0.2, -0.15) is 23.3 Å². The third kappa shape index (κ3) is 6.87. The second-order valence-electron chi connectivity index (χ2n) is 10.8. The predicted molar refractivity (Wildman–Crippen MR) is 143 cm³/mol. The van der Waals surface area contributed by atoms with E-state index in [0.29, 0.717) is 18.4 Å². The summed E-state index contributed by atoms with van der Waals surface area (Å²) in [6, 6.07) is 2.39. The molecule has 2 atom stereocenters. The molecule has 1 fully saturated rings. The Balaban J connectivity index is 1.84. The minimum absolute atomic E-state index is 0.0456. The van der Waals surface area contributed by atoms with E-state index in [-0.39, 0.29) is 52.7 Å². The number of hydrogen-bond acceptors (Lipinski definition) is 8. The zero-order valence-corrected chi connectivity index (χ0v) is 23.2. The lowest BCUT2D eigenvalue weighted by molar-refractivity contribution is -0.141. The van der Waals surface area contributed by atoms with Crippen LogP contribution in [0.3, 0.4) is 0 Å². The van der Waals surface area contributed by atoms with Crippen LogP contribution >= 0.6 is 0 Å². The Morgan fingerprint density at radius 3 is 2.42 bits per heavy atom. The SMILES string of the molecule is Cc1cc(C(F)(F)F)nn1-c1nc(NC2CC(C)CC(C)C2)ncc1-c1cc(C(=O)O)cnc1OCCN(C)C. The van der Waals surface area contributed by atoms with Crippen molar-refractivity contribution in [1.29, 1.82) is 0 Å². The standard InChI is InChI=1S/C27H34F3N7O3/c1-15-8-16(2)10-19(9-15)33-26-32-14-21(23(34-26)37-17(3)11-22(35-37)27(28,29)30)20-12-18(25(38)39)13-31-24(20)40-7-6-36(4)5/h11-16,19H,6-10H2,1-5H3,(H,38,39)(H,32,33,34). The van der Waals surface area contributed by atoms with Crippen molar-refractivity contribution in [2.45, 2.75) is 52.3 Å². The number of carbonyl (C=O) groups is 1. The highest BCUT2D eigenvalue weighted by Crippen LogP contribution is 2.36. The molecule has 0 amide bonds. The van der Waals surface area contributed by atoms with Crippen LogP contribution in [0.5, 0.6) is 5.88 Å². The summed E-state index contributed by atoms with van der Waals surface area (Å²) in [5, 5.41) is 16.8. The molecule has 10 nitrogen and oxygen atoms in total. The fraction of sp³-hybridized carbons (Fsp3) is 0.519. The third-order valence-corrected chi connectivity index (χ3v) is 6.82. The van der Waals surface area contributed by atoms with E-state index >= 15 is 0 Å². The number of likely N-dealkylation sites (N-methyl/N-ethyl adjacent to an activating group) is 1. The van der Waals surface area contributed by atoms with Crippen LogP contribution in [0.15, 0.2) is 24.5 Å². The highest BCUT2D eigenvalue weighted by Gasteiger charge is 2.35. The van der Waals surface area contributed by atoms with Gasteiger partial charge in [-0.05, 0) is 64.3 Å². The number of nitrogens with zero attached hydrogens (tertiary/aromatic N) is 6. The van der Waals surface area contributed by atoms with Gasteiger partial charge in [0.1, 0.15) is 6.61 Å². The molecule has 0 saturated heterocycles. The first-order chi connectivity index (χ1) is 18.8. The molecule has 2 N–H and O–H groups in total. The molecule has 3 aromatic rings. The van der Waals surface area contributed by atoms with E-state index in [0.717, 1.165) is 30.0 Å². The molecule has 13 heteroatoms. The van der Waals surface area contributed by atoms with Crippen LogP contribution in [-0.4, -0.2) is 74.0 Å². The first kappa shape index (κ1) is 29.2. The molecule has 0 radical (unpaired) electrons. The molecule has 1 aliphatic carbocycles. The topological polar surface area (TPSA) is 118 Å². The number of anilines is 1. The van der Waals surface area contributed by atoms with Gasteiger partial charge in [0.15, 0.2) is 11.5 Å². The lowest BCUT2D eigenvalue weighted by atomic mass is 9.80. The van der Waals surface area contributed by atoms with Crippen LogP contribution in [0.2, 0.25) is 0 Å². The van der Waals surface area contributed by atoms with E-state index < -0.39 is 17.8 Å². The van der Waals surface area contributed by atoms with Crippen LogP contribution in [0.4, 0.5) is 19.1 Å². The van der Waals surface area contributed by atoms with Crippen LogP contribution in [-0.2, 0) is 6.18 Å². The number of carboxylic acids is 1. The molecular formula is C27H34F3N7O3. The van der Waals surface area contributed by atoms with Crippen LogP contribution in [0.1, 0.15) is 54.9 Å². The summed E-state index contributed by atoms with van der Waals surface area (Å²) in [6.45, 7) is 6.66. The summed E-state index contributed by atoms with van der Waals surface area (Å²) in [4.78, 5) is 27.0. The van der Waals surface area contributed by atoms with Gasteiger partial charge in [0, 0.05) is 30.7 Å². The zero-order valence-electron chi connectivity index (χ0n) is 23.2. The number of nitrogens with one attached hydrogen (secondary N) is 1. The Hall–Kier alpha value is -3.74. The summed E-state index contributed by atoms with van der Waals surface area (Å²) < 4.78 is 47.7. The van der Waals surface area contributed by atoms with Gasteiger partial charge in [0.25, 0.3) is 0 Å². The van der Waals surface area contributed by atoms with Crippen LogP contribution in [0.25, 0.3) is 16.9 Å². The number of pyridine rings is 1. The molecule has 1 aliphatic rings. The summed E-state index contributed by atoms with van der Waals surface area (Å²) in [5.41, 5.74) is -0.550. The zero-order chi connectivity index (χ0) is 29.2. The molecule has 40 heavy (non-hydrogen) atoms. The molecule has 216 valence electrons. The van der Waals surface area contributed by atoms with Gasteiger partial charge in [-0.25, -0.2) is 19.4 Å². The molecular weight excluding hydrogens is 527 g/mol. The highest BCUT2D eigenvalue weighted by atomic mass is 19.4.